The second-order valence-electron chi connectivity index (χ2n) is 4.68. The highest BCUT2D eigenvalue weighted by Crippen LogP contribution is 2.30. The van der Waals surface area contributed by atoms with Crippen LogP contribution < -0.4 is 16.4 Å². The highest BCUT2D eigenvalue weighted by atomic mass is 32.1. The molecule has 0 saturated carbocycles. The second kappa shape index (κ2) is 5.58. The fraction of sp³-hybridized carbons (Fsp3) is 0.500. The lowest BCUT2D eigenvalue weighted by atomic mass is 10.3. The molecule has 1 saturated heterocycles. The number of nitrogens with two attached hydrogens (primary N) is 2. The number of likely N-dealkylation sites (N-methyl/N-ethyl adjacent to an activating group) is 1. The summed E-state index contributed by atoms with van der Waals surface area (Å²) in [5, 5.41) is 0.779. The number of carbonyl (C=O) groups excluding carboxylic acids is 1. The van der Waals surface area contributed by atoms with E-state index >= 15 is 0 Å². The van der Waals surface area contributed by atoms with Crippen molar-refractivity contribution in [2.75, 3.05) is 37.3 Å². The van der Waals surface area contributed by atoms with Gasteiger partial charge in [-0.15, -0.1) is 6.58 Å². The van der Waals surface area contributed by atoms with Crippen LogP contribution in [0.3, 0.4) is 0 Å². The molecule has 1 aromatic rings. The summed E-state index contributed by atoms with van der Waals surface area (Å²) < 4.78 is 0. The van der Waals surface area contributed by atoms with Gasteiger partial charge in [0.05, 0.1) is 0 Å². The van der Waals surface area contributed by atoms with E-state index in [4.69, 9.17) is 11.5 Å². The molecule has 4 N–H and O–H groups in total. The molecule has 1 aliphatic rings. The molecule has 0 aliphatic carbocycles. The van der Waals surface area contributed by atoms with Crippen LogP contribution in [0, 0.1) is 0 Å². The van der Waals surface area contributed by atoms with Crippen LogP contribution in [0.2, 0.25) is 0 Å². The molecule has 1 atom stereocenters. The Morgan fingerprint density at radius 2 is 2.47 bits per heavy atom. The van der Waals surface area contributed by atoms with Gasteiger partial charge in [0, 0.05) is 32.7 Å². The quantitative estimate of drug-likeness (QED) is 0.786. The predicted molar refractivity (Wildman–Crippen MR) is 78.5 cm³/mol. The minimum absolute atomic E-state index is 0.121. The first-order chi connectivity index (χ1) is 9.02. The van der Waals surface area contributed by atoms with Gasteiger partial charge in [-0.3, -0.25) is 4.79 Å². The van der Waals surface area contributed by atoms with Crippen molar-refractivity contribution < 1.29 is 4.79 Å². The van der Waals surface area contributed by atoms with E-state index in [0.29, 0.717) is 17.2 Å². The molecule has 2 rings (SSSR count). The lowest BCUT2D eigenvalue weighted by Gasteiger charge is -2.14. The van der Waals surface area contributed by atoms with E-state index < -0.39 is 0 Å². The van der Waals surface area contributed by atoms with Crippen molar-refractivity contribution in [1.29, 1.82) is 0 Å². The molecule has 1 fully saturated rings. The smallest absolute Gasteiger partial charge is 0.267 e. The van der Waals surface area contributed by atoms with Gasteiger partial charge in [0.25, 0.3) is 5.91 Å². The Labute approximate surface area is 116 Å². The zero-order valence-corrected chi connectivity index (χ0v) is 11.8. The average Bonchev–Trinajstić information content (AvgIpc) is 2.95. The van der Waals surface area contributed by atoms with Crippen molar-refractivity contribution in [3.63, 3.8) is 0 Å². The van der Waals surface area contributed by atoms with Crippen molar-refractivity contribution in [1.82, 2.24) is 9.88 Å². The summed E-state index contributed by atoms with van der Waals surface area (Å²) >= 11 is 1.33. The second-order valence-corrected chi connectivity index (χ2v) is 5.66. The highest BCUT2D eigenvalue weighted by molar-refractivity contribution is 7.18. The van der Waals surface area contributed by atoms with Gasteiger partial charge in [-0.1, -0.05) is 17.4 Å². The van der Waals surface area contributed by atoms with Gasteiger partial charge >= 0.3 is 0 Å². The Bertz CT molecular complexity index is 486. The number of hydrogen-bond acceptors (Lipinski definition) is 6. The predicted octanol–water partition coefficient (Wildman–Crippen LogP) is 0.521. The Balaban J connectivity index is 2.16. The van der Waals surface area contributed by atoms with E-state index in [-0.39, 0.29) is 11.9 Å². The highest BCUT2D eigenvalue weighted by Gasteiger charge is 2.25. The van der Waals surface area contributed by atoms with Crippen molar-refractivity contribution in [3.05, 3.63) is 17.5 Å². The molecule has 104 valence electrons. The molecular formula is C12H19N5OS. The van der Waals surface area contributed by atoms with Crippen LogP contribution in [0.25, 0.3) is 0 Å². The molecule has 1 aromatic heterocycles. The van der Waals surface area contributed by atoms with Gasteiger partial charge in [0.15, 0.2) is 5.13 Å². The van der Waals surface area contributed by atoms with E-state index in [9.17, 15) is 4.79 Å². The summed E-state index contributed by atoms with van der Waals surface area (Å²) in [5.41, 5.74) is 11.7. The van der Waals surface area contributed by atoms with E-state index in [1.165, 1.54) is 11.3 Å². The van der Waals surface area contributed by atoms with Gasteiger partial charge in [-0.05, 0) is 6.42 Å². The van der Waals surface area contributed by atoms with Crippen molar-refractivity contribution in [2.45, 2.75) is 12.5 Å². The summed E-state index contributed by atoms with van der Waals surface area (Å²) in [6.07, 6.45) is 2.62. The normalized spacial score (nSPS) is 18.6. The number of amides is 1. The molecule has 1 unspecified atom stereocenters. The van der Waals surface area contributed by atoms with E-state index in [1.54, 1.807) is 18.0 Å². The van der Waals surface area contributed by atoms with Gasteiger partial charge in [0.1, 0.15) is 10.7 Å². The fourth-order valence-electron chi connectivity index (χ4n) is 2.02. The molecule has 7 heteroatoms. The Hall–Kier alpha value is -1.60. The fourth-order valence-corrected chi connectivity index (χ4v) is 3.03. The summed E-state index contributed by atoms with van der Waals surface area (Å²) in [7, 11) is 1.72. The average molecular weight is 281 g/mol. The molecule has 1 amide bonds. The first-order valence-electron chi connectivity index (χ1n) is 6.16. The zero-order valence-electron chi connectivity index (χ0n) is 11.0. The van der Waals surface area contributed by atoms with Gasteiger partial charge < -0.3 is 21.3 Å². The Morgan fingerprint density at radius 1 is 1.74 bits per heavy atom. The molecular weight excluding hydrogens is 262 g/mol. The first kappa shape index (κ1) is 13.8. The summed E-state index contributed by atoms with van der Waals surface area (Å²) in [6.45, 7) is 5.73. The van der Waals surface area contributed by atoms with Gasteiger partial charge in [-0.25, -0.2) is 4.98 Å². The van der Waals surface area contributed by atoms with Crippen molar-refractivity contribution >= 4 is 28.2 Å². The number of nitrogens with zero attached hydrogens (tertiary/aromatic N) is 3. The lowest BCUT2D eigenvalue weighted by Crippen LogP contribution is -2.26. The third-order valence-electron chi connectivity index (χ3n) is 3.08. The number of carbonyl (C=O) groups is 1. The Kier molecular flexibility index (Phi) is 4.06. The number of hydrogen-bond donors (Lipinski definition) is 2. The van der Waals surface area contributed by atoms with Gasteiger partial charge in [0.2, 0.25) is 0 Å². The topological polar surface area (TPSA) is 88.5 Å². The minimum atomic E-state index is -0.121. The maximum absolute atomic E-state index is 12.2. The van der Waals surface area contributed by atoms with E-state index in [0.717, 1.165) is 24.6 Å². The van der Waals surface area contributed by atoms with Crippen molar-refractivity contribution in [3.8, 4) is 0 Å². The molecule has 19 heavy (non-hydrogen) atoms. The summed E-state index contributed by atoms with van der Waals surface area (Å²) in [5.74, 6) is 0.172. The van der Waals surface area contributed by atoms with Crippen LogP contribution in [-0.4, -0.2) is 48.5 Å². The van der Waals surface area contributed by atoms with Crippen LogP contribution in [-0.2, 0) is 0 Å². The van der Waals surface area contributed by atoms with Crippen molar-refractivity contribution in [2.24, 2.45) is 5.73 Å². The van der Waals surface area contributed by atoms with Crippen LogP contribution >= 0.6 is 11.3 Å². The lowest BCUT2D eigenvalue weighted by molar-refractivity contribution is 0.0815. The minimum Gasteiger partial charge on any atom is -0.382 e. The third-order valence-corrected chi connectivity index (χ3v) is 4.20. The van der Waals surface area contributed by atoms with Crippen LogP contribution in [0.15, 0.2) is 12.7 Å². The number of thiazole rings is 1. The molecule has 0 bridgehead atoms. The molecule has 0 spiro atoms. The molecule has 2 heterocycles. The van der Waals surface area contributed by atoms with E-state index in [1.807, 2.05) is 0 Å². The number of anilines is 2. The Morgan fingerprint density at radius 3 is 3.05 bits per heavy atom. The number of aromatic nitrogens is 1. The third kappa shape index (κ3) is 2.87. The number of nitrogen functional groups attached to an aromatic ring is 1. The van der Waals surface area contributed by atoms with Crippen LogP contribution in [0.1, 0.15) is 16.1 Å². The maximum Gasteiger partial charge on any atom is 0.267 e. The van der Waals surface area contributed by atoms with Crippen LogP contribution in [0.4, 0.5) is 10.9 Å². The summed E-state index contributed by atoms with van der Waals surface area (Å²) in [6, 6.07) is 0.174. The van der Waals surface area contributed by atoms with E-state index in [2.05, 4.69) is 16.5 Å². The largest absolute Gasteiger partial charge is 0.382 e. The first-order valence-corrected chi connectivity index (χ1v) is 6.97. The number of rotatable bonds is 4. The monoisotopic (exact) mass is 281 g/mol. The van der Waals surface area contributed by atoms with Gasteiger partial charge in [-0.2, -0.15) is 0 Å². The molecule has 0 radical (unpaired) electrons. The molecule has 6 nitrogen and oxygen atoms in total. The standard InChI is InChI=1S/C12H19N5OS/c1-3-5-16(2)11(18)9-10(14)15-12(19-9)17-6-4-8(13)7-17/h3,8H,1,4-7,13-14H2,2H3. The molecule has 1 aliphatic heterocycles. The zero-order chi connectivity index (χ0) is 14.0. The molecule has 0 aromatic carbocycles. The van der Waals surface area contributed by atoms with Crippen LogP contribution in [0.5, 0.6) is 0 Å². The SMILES string of the molecule is C=CCN(C)C(=O)c1sc(N2CCC(N)C2)nc1N. The summed E-state index contributed by atoms with van der Waals surface area (Å²) in [4.78, 5) is 20.6. The maximum atomic E-state index is 12.2.